The number of nitrogens with zero attached hydrogens (tertiary/aromatic N) is 2. The molecule has 1 aliphatic carbocycles. The molecule has 1 heterocycles. The summed E-state index contributed by atoms with van der Waals surface area (Å²) in [6.45, 7) is 0.935. The maximum Gasteiger partial charge on any atom is 0.248 e. The smallest absolute Gasteiger partial charge is 0.248 e. The normalized spacial score (nSPS) is 20.9. The lowest BCUT2D eigenvalue weighted by Gasteiger charge is -2.33. The number of nitrogens with one attached hydrogen (secondary N) is 1. The van der Waals surface area contributed by atoms with Gasteiger partial charge in [-0.15, -0.1) is 4.91 Å². The molecule has 188 valence electrons. The number of rotatable bonds is 9. The standard InChI is InChI=1S/C27H34FN3O4/c1-34-24-7-2-19(3-8-24)20-12-14-31(15-13-20)27(32)18-35-25-9-4-22(5-10-25)29-23-6-11-26(30-33)21(16-23)17-28/h2-3,6-8,11,16,20,22,25,29H,4-5,9-10,12-15,17-18H2,1H3. The Balaban J connectivity index is 1.16. The summed E-state index contributed by atoms with van der Waals surface area (Å²) in [6.07, 6.45) is 5.56. The average molecular weight is 484 g/mol. The van der Waals surface area contributed by atoms with E-state index in [1.165, 1.54) is 5.56 Å². The first kappa shape index (κ1) is 25.1. The number of piperidine rings is 1. The van der Waals surface area contributed by atoms with Crippen molar-refractivity contribution in [2.24, 2.45) is 5.18 Å². The van der Waals surface area contributed by atoms with Crippen LogP contribution in [0.15, 0.2) is 47.6 Å². The van der Waals surface area contributed by atoms with E-state index >= 15 is 0 Å². The molecule has 1 N–H and O–H groups in total. The third kappa shape index (κ3) is 6.57. The average Bonchev–Trinajstić information content (AvgIpc) is 2.92. The summed E-state index contributed by atoms with van der Waals surface area (Å²) in [6, 6.07) is 13.4. The molecule has 2 aromatic carbocycles. The summed E-state index contributed by atoms with van der Waals surface area (Å²) in [5.41, 5.74) is 2.54. The van der Waals surface area contributed by atoms with Crippen LogP contribution in [0, 0.1) is 4.91 Å². The van der Waals surface area contributed by atoms with Gasteiger partial charge in [-0.25, -0.2) is 4.39 Å². The molecule has 2 aromatic rings. The van der Waals surface area contributed by atoms with Crippen molar-refractivity contribution in [3.05, 3.63) is 58.5 Å². The lowest BCUT2D eigenvalue weighted by molar-refractivity contribution is -0.139. The van der Waals surface area contributed by atoms with Gasteiger partial charge in [-0.1, -0.05) is 12.1 Å². The number of hydrogen-bond donors (Lipinski definition) is 1. The molecular formula is C27H34FN3O4. The van der Waals surface area contributed by atoms with Crippen molar-refractivity contribution in [3.63, 3.8) is 0 Å². The summed E-state index contributed by atoms with van der Waals surface area (Å²) in [7, 11) is 1.67. The number of likely N-dealkylation sites (tertiary alicyclic amines) is 1. The van der Waals surface area contributed by atoms with E-state index in [0.717, 1.165) is 63.1 Å². The Morgan fingerprint density at radius 1 is 1.06 bits per heavy atom. The first-order chi connectivity index (χ1) is 17.1. The highest BCUT2D eigenvalue weighted by Crippen LogP contribution is 2.30. The van der Waals surface area contributed by atoms with E-state index in [1.54, 1.807) is 25.3 Å². The van der Waals surface area contributed by atoms with Crippen LogP contribution in [0.3, 0.4) is 0 Å². The van der Waals surface area contributed by atoms with Crippen molar-refractivity contribution < 1.29 is 18.7 Å². The monoisotopic (exact) mass is 483 g/mol. The first-order valence-electron chi connectivity index (χ1n) is 12.4. The molecule has 7 nitrogen and oxygen atoms in total. The largest absolute Gasteiger partial charge is 0.497 e. The van der Waals surface area contributed by atoms with Crippen molar-refractivity contribution in [2.45, 2.75) is 63.3 Å². The Morgan fingerprint density at radius 2 is 1.77 bits per heavy atom. The fourth-order valence-electron chi connectivity index (χ4n) is 5.10. The summed E-state index contributed by atoms with van der Waals surface area (Å²) in [5.74, 6) is 1.40. The molecule has 0 atom stereocenters. The van der Waals surface area contributed by atoms with Crippen LogP contribution in [-0.2, 0) is 16.2 Å². The number of amides is 1. The number of anilines is 1. The molecule has 1 aliphatic heterocycles. The predicted octanol–water partition coefficient (Wildman–Crippen LogP) is 5.71. The lowest BCUT2D eigenvalue weighted by atomic mass is 9.89. The van der Waals surface area contributed by atoms with Crippen LogP contribution >= 0.6 is 0 Å². The summed E-state index contributed by atoms with van der Waals surface area (Å²) >= 11 is 0. The maximum atomic E-state index is 13.1. The van der Waals surface area contributed by atoms with Gasteiger partial charge in [0, 0.05) is 30.4 Å². The predicted molar refractivity (Wildman–Crippen MR) is 134 cm³/mol. The van der Waals surface area contributed by atoms with Crippen molar-refractivity contribution >= 4 is 17.3 Å². The highest BCUT2D eigenvalue weighted by atomic mass is 19.1. The van der Waals surface area contributed by atoms with Crippen molar-refractivity contribution in [1.29, 1.82) is 0 Å². The number of ether oxygens (including phenoxy) is 2. The zero-order chi connectivity index (χ0) is 24.6. The van der Waals surface area contributed by atoms with Crippen LogP contribution in [0.2, 0.25) is 0 Å². The molecule has 2 fully saturated rings. The van der Waals surface area contributed by atoms with Crippen LogP contribution in [0.4, 0.5) is 15.8 Å². The third-order valence-corrected chi connectivity index (χ3v) is 7.24. The van der Waals surface area contributed by atoms with Crippen LogP contribution in [0.5, 0.6) is 5.75 Å². The summed E-state index contributed by atoms with van der Waals surface area (Å²) < 4.78 is 24.3. The van der Waals surface area contributed by atoms with E-state index in [0.29, 0.717) is 11.5 Å². The van der Waals surface area contributed by atoms with E-state index in [1.807, 2.05) is 17.0 Å². The molecule has 0 aromatic heterocycles. The van der Waals surface area contributed by atoms with E-state index in [-0.39, 0.29) is 30.3 Å². The SMILES string of the molecule is COc1ccc(C2CCN(C(=O)COC3CCC(Nc4ccc(N=O)c(CF)c4)CC3)CC2)cc1. The Kier molecular flexibility index (Phi) is 8.69. The number of benzene rings is 2. The molecule has 0 spiro atoms. The van der Waals surface area contributed by atoms with Crippen LogP contribution in [-0.4, -0.2) is 49.8 Å². The van der Waals surface area contributed by atoms with Crippen molar-refractivity contribution in [3.8, 4) is 5.75 Å². The van der Waals surface area contributed by atoms with Gasteiger partial charge in [0.05, 0.1) is 13.2 Å². The highest BCUT2D eigenvalue weighted by Gasteiger charge is 2.26. The van der Waals surface area contributed by atoms with Gasteiger partial charge < -0.3 is 19.7 Å². The van der Waals surface area contributed by atoms with Crippen molar-refractivity contribution in [1.82, 2.24) is 4.90 Å². The van der Waals surface area contributed by atoms with Gasteiger partial charge in [0.25, 0.3) is 0 Å². The van der Waals surface area contributed by atoms with Crippen LogP contribution in [0.25, 0.3) is 0 Å². The van der Waals surface area contributed by atoms with Crippen LogP contribution < -0.4 is 10.1 Å². The number of halogens is 1. The van der Waals surface area contributed by atoms with E-state index in [9.17, 15) is 14.1 Å². The van der Waals surface area contributed by atoms with Gasteiger partial charge in [0.1, 0.15) is 24.7 Å². The highest BCUT2D eigenvalue weighted by molar-refractivity contribution is 5.77. The third-order valence-electron chi connectivity index (χ3n) is 7.24. The number of alkyl halides is 1. The van der Waals surface area contributed by atoms with Crippen LogP contribution in [0.1, 0.15) is 55.6 Å². The molecule has 1 saturated carbocycles. The number of carbonyl (C=O) groups excluding carboxylic acids is 1. The van der Waals surface area contributed by atoms with Gasteiger partial charge in [-0.3, -0.25) is 4.79 Å². The summed E-state index contributed by atoms with van der Waals surface area (Å²) in [4.78, 5) is 25.4. The molecule has 0 bridgehead atoms. The Morgan fingerprint density at radius 3 is 2.40 bits per heavy atom. The molecule has 1 saturated heterocycles. The topological polar surface area (TPSA) is 80.2 Å². The summed E-state index contributed by atoms with van der Waals surface area (Å²) in [5, 5.41) is 6.28. The number of hydrogen-bond acceptors (Lipinski definition) is 6. The number of carbonyl (C=O) groups is 1. The van der Waals surface area contributed by atoms with E-state index in [4.69, 9.17) is 9.47 Å². The van der Waals surface area contributed by atoms with Gasteiger partial charge in [0.2, 0.25) is 5.91 Å². The Bertz CT molecular complexity index is 984. The molecule has 35 heavy (non-hydrogen) atoms. The molecule has 8 heteroatoms. The molecule has 0 radical (unpaired) electrons. The lowest BCUT2D eigenvalue weighted by Crippen LogP contribution is -2.41. The van der Waals surface area contributed by atoms with Gasteiger partial charge in [0.15, 0.2) is 0 Å². The second-order valence-corrected chi connectivity index (χ2v) is 9.43. The van der Waals surface area contributed by atoms with Gasteiger partial charge in [-0.2, -0.15) is 0 Å². The quantitative estimate of drug-likeness (QED) is 0.462. The number of methoxy groups -OCH3 is 1. The molecule has 1 amide bonds. The Labute approximate surface area is 206 Å². The fraction of sp³-hybridized carbons (Fsp3) is 0.519. The first-order valence-corrected chi connectivity index (χ1v) is 12.4. The minimum atomic E-state index is -0.718. The zero-order valence-corrected chi connectivity index (χ0v) is 20.2. The minimum Gasteiger partial charge on any atom is -0.497 e. The van der Waals surface area contributed by atoms with Crippen molar-refractivity contribution in [2.75, 3.05) is 32.1 Å². The van der Waals surface area contributed by atoms with E-state index < -0.39 is 6.67 Å². The van der Waals surface area contributed by atoms with Gasteiger partial charge in [-0.05, 0) is 85.5 Å². The number of nitroso groups, excluding NO2 is 1. The zero-order valence-electron chi connectivity index (χ0n) is 20.2. The Hall–Kier alpha value is -3.00. The minimum absolute atomic E-state index is 0.0704. The second-order valence-electron chi connectivity index (χ2n) is 9.43. The fourth-order valence-corrected chi connectivity index (χ4v) is 5.10. The maximum absolute atomic E-state index is 13.1. The van der Waals surface area contributed by atoms with E-state index in [2.05, 4.69) is 22.6 Å². The molecule has 2 aliphatic rings. The second kappa shape index (κ2) is 12.1. The molecular weight excluding hydrogens is 449 g/mol. The molecule has 0 unspecified atom stereocenters. The van der Waals surface area contributed by atoms with Gasteiger partial charge >= 0.3 is 0 Å². The molecule has 4 rings (SSSR count).